The van der Waals surface area contributed by atoms with Crippen LogP contribution in [0.1, 0.15) is 11.1 Å². The van der Waals surface area contributed by atoms with Gasteiger partial charge in [0, 0.05) is 16.5 Å². The Morgan fingerprint density at radius 1 is 0.441 bits per heavy atom. The SMILES string of the molecule is c1ccc(-c2cc3c4c5c(ccc4c2)Oc2cc(-c4ccccc4)cc4ccc(c-5c24)C3)cc1. The quantitative estimate of drug-likeness (QED) is 0.265. The molecule has 0 N–H and O–H groups in total. The Kier molecular flexibility index (Phi) is 3.51. The Bertz CT molecular complexity index is 1640. The first-order valence-electron chi connectivity index (χ1n) is 11.8. The van der Waals surface area contributed by atoms with Crippen molar-refractivity contribution in [3.8, 4) is 44.9 Å². The van der Waals surface area contributed by atoms with Gasteiger partial charge in [-0.05, 0) is 80.2 Å². The maximum absolute atomic E-state index is 6.62. The summed E-state index contributed by atoms with van der Waals surface area (Å²) in [6.45, 7) is 0. The third-order valence-corrected chi connectivity index (χ3v) is 7.39. The summed E-state index contributed by atoms with van der Waals surface area (Å²) in [5, 5.41) is 5.11. The van der Waals surface area contributed by atoms with Gasteiger partial charge in [0.2, 0.25) is 0 Å². The second kappa shape index (κ2) is 6.59. The third kappa shape index (κ3) is 2.44. The van der Waals surface area contributed by atoms with E-state index in [0.29, 0.717) is 0 Å². The predicted octanol–water partition coefficient (Wildman–Crippen LogP) is 9.00. The molecule has 1 aliphatic heterocycles. The van der Waals surface area contributed by atoms with Crippen molar-refractivity contribution in [1.82, 2.24) is 0 Å². The highest BCUT2D eigenvalue weighted by molar-refractivity contribution is 6.16. The van der Waals surface area contributed by atoms with Gasteiger partial charge in [-0.15, -0.1) is 0 Å². The van der Waals surface area contributed by atoms with Crippen molar-refractivity contribution in [2.45, 2.75) is 6.42 Å². The fourth-order valence-electron chi connectivity index (χ4n) is 5.91. The van der Waals surface area contributed by atoms with Gasteiger partial charge in [-0.25, -0.2) is 0 Å². The molecule has 2 aliphatic rings. The van der Waals surface area contributed by atoms with Crippen LogP contribution in [0, 0.1) is 0 Å². The van der Waals surface area contributed by atoms with Crippen LogP contribution < -0.4 is 4.74 Å². The minimum Gasteiger partial charge on any atom is -0.456 e. The monoisotopic (exact) mass is 432 g/mol. The van der Waals surface area contributed by atoms with E-state index in [1.54, 1.807) is 0 Å². The van der Waals surface area contributed by atoms with Gasteiger partial charge in [-0.2, -0.15) is 0 Å². The molecule has 1 aliphatic carbocycles. The van der Waals surface area contributed by atoms with E-state index in [2.05, 4.69) is 109 Å². The number of hydrogen-bond acceptors (Lipinski definition) is 1. The first-order chi connectivity index (χ1) is 16.8. The molecular formula is C33H20O. The lowest BCUT2D eigenvalue weighted by molar-refractivity contribution is 0.487. The highest BCUT2D eigenvalue weighted by Gasteiger charge is 2.29. The van der Waals surface area contributed by atoms with Gasteiger partial charge in [-0.3, -0.25) is 0 Å². The van der Waals surface area contributed by atoms with E-state index in [4.69, 9.17) is 4.74 Å². The summed E-state index contributed by atoms with van der Waals surface area (Å²) in [4.78, 5) is 0. The minimum atomic E-state index is 0.943. The molecule has 0 radical (unpaired) electrons. The molecule has 0 unspecified atom stereocenters. The summed E-state index contributed by atoms with van der Waals surface area (Å²) < 4.78 is 6.62. The van der Waals surface area contributed by atoms with Crippen molar-refractivity contribution >= 4 is 21.5 Å². The molecule has 34 heavy (non-hydrogen) atoms. The molecule has 0 aromatic heterocycles. The summed E-state index contributed by atoms with van der Waals surface area (Å²) >= 11 is 0. The zero-order valence-corrected chi connectivity index (χ0v) is 18.5. The summed E-state index contributed by atoms with van der Waals surface area (Å²) in [5.41, 5.74) is 10.3. The molecule has 0 spiro atoms. The first-order valence-corrected chi connectivity index (χ1v) is 11.8. The van der Waals surface area contributed by atoms with Crippen LogP contribution in [0.3, 0.4) is 0 Å². The van der Waals surface area contributed by atoms with E-state index < -0.39 is 0 Å². The normalized spacial score (nSPS) is 12.8. The molecule has 1 heterocycles. The van der Waals surface area contributed by atoms with Gasteiger partial charge in [0.25, 0.3) is 0 Å². The predicted molar refractivity (Wildman–Crippen MR) is 141 cm³/mol. The molecule has 158 valence electrons. The molecule has 0 fully saturated rings. The Hall–Kier alpha value is -4.36. The molecule has 6 aromatic carbocycles. The van der Waals surface area contributed by atoms with Gasteiger partial charge in [-0.1, -0.05) is 84.9 Å². The lowest BCUT2D eigenvalue weighted by Crippen LogP contribution is -2.07. The van der Waals surface area contributed by atoms with Crippen LogP contribution in [0.25, 0.3) is 54.9 Å². The Balaban J connectivity index is 1.42. The van der Waals surface area contributed by atoms with Crippen LogP contribution in [-0.2, 0) is 6.42 Å². The van der Waals surface area contributed by atoms with Crippen LogP contribution in [0.2, 0.25) is 0 Å². The van der Waals surface area contributed by atoms with Gasteiger partial charge >= 0.3 is 0 Å². The minimum absolute atomic E-state index is 0.943. The van der Waals surface area contributed by atoms with Gasteiger partial charge in [0.1, 0.15) is 11.5 Å². The summed E-state index contributed by atoms with van der Waals surface area (Å²) in [7, 11) is 0. The highest BCUT2D eigenvalue weighted by Crippen LogP contribution is 2.55. The average molecular weight is 433 g/mol. The molecule has 8 rings (SSSR count). The Labute approximate surface area is 197 Å². The second-order valence-corrected chi connectivity index (χ2v) is 9.36. The van der Waals surface area contributed by atoms with Crippen molar-refractivity contribution in [2.75, 3.05) is 0 Å². The standard InChI is InChI=1S/C33H20O/c1-3-7-20(8-4-1)25-15-22-13-14-28-33-30(22)27(18-25)17-24-12-11-23-16-26(21-9-5-2-6-10-21)19-29(34-28)31(23)32(24)33/h1-16,18-19H,17H2. The van der Waals surface area contributed by atoms with E-state index in [1.165, 1.54) is 66.1 Å². The topological polar surface area (TPSA) is 9.23 Å². The Morgan fingerprint density at radius 2 is 1.09 bits per heavy atom. The van der Waals surface area contributed by atoms with E-state index in [1.807, 2.05) is 0 Å². The molecular weight excluding hydrogens is 412 g/mol. The highest BCUT2D eigenvalue weighted by atomic mass is 16.5. The van der Waals surface area contributed by atoms with Crippen LogP contribution in [0.4, 0.5) is 0 Å². The van der Waals surface area contributed by atoms with Crippen molar-refractivity contribution < 1.29 is 4.74 Å². The molecule has 0 saturated carbocycles. The summed E-state index contributed by atoms with van der Waals surface area (Å²) in [6.07, 6.45) is 0.943. The molecule has 1 heteroatoms. The van der Waals surface area contributed by atoms with Gasteiger partial charge in [0.05, 0.1) is 0 Å². The van der Waals surface area contributed by atoms with Crippen molar-refractivity contribution in [3.05, 3.63) is 120 Å². The van der Waals surface area contributed by atoms with Crippen LogP contribution in [-0.4, -0.2) is 0 Å². The third-order valence-electron chi connectivity index (χ3n) is 7.39. The Morgan fingerprint density at radius 3 is 1.82 bits per heavy atom. The zero-order chi connectivity index (χ0) is 22.2. The maximum atomic E-state index is 6.62. The number of benzene rings is 6. The molecule has 1 nitrogen and oxygen atoms in total. The lowest BCUT2D eigenvalue weighted by atomic mass is 9.78. The lowest BCUT2D eigenvalue weighted by Gasteiger charge is -2.30. The van der Waals surface area contributed by atoms with Crippen molar-refractivity contribution in [1.29, 1.82) is 0 Å². The summed E-state index contributed by atoms with van der Waals surface area (Å²) in [5.74, 6) is 1.93. The number of ether oxygens (including phenoxy) is 1. The molecule has 0 saturated heterocycles. The van der Waals surface area contributed by atoms with Gasteiger partial charge < -0.3 is 4.74 Å². The summed E-state index contributed by atoms with van der Waals surface area (Å²) in [6, 6.07) is 39.4. The van der Waals surface area contributed by atoms with E-state index in [-0.39, 0.29) is 0 Å². The van der Waals surface area contributed by atoms with E-state index in [9.17, 15) is 0 Å². The molecule has 6 aromatic rings. The van der Waals surface area contributed by atoms with Crippen LogP contribution >= 0.6 is 0 Å². The number of hydrogen-bond donors (Lipinski definition) is 0. The van der Waals surface area contributed by atoms with Crippen molar-refractivity contribution in [2.24, 2.45) is 0 Å². The van der Waals surface area contributed by atoms with Crippen LogP contribution in [0.5, 0.6) is 11.5 Å². The zero-order valence-electron chi connectivity index (χ0n) is 18.5. The fourth-order valence-corrected chi connectivity index (χ4v) is 5.91. The average Bonchev–Trinajstić information content (AvgIpc) is 2.90. The van der Waals surface area contributed by atoms with E-state index >= 15 is 0 Å². The molecule has 0 atom stereocenters. The molecule has 0 amide bonds. The van der Waals surface area contributed by atoms with Gasteiger partial charge in [0.15, 0.2) is 0 Å². The number of rotatable bonds is 2. The first kappa shape index (κ1) is 18.1. The second-order valence-electron chi connectivity index (χ2n) is 9.36. The largest absolute Gasteiger partial charge is 0.456 e. The maximum Gasteiger partial charge on any atom is 0.136 e. The van der Waals surface area contributed by atoms with Crippen molar-refractivity contribution in [3.63, 3.8) is 0 Å². The van der Waals surface area contributed by atoms with Crippen LogP contribution in [0.15, 0.2) is 109 Å². The fraction of sp³-hybridized carbons (Fsp3) is 0.0303. The van der Waals surface area contributed by atoms with E-state index in [0.717, 1.165) is 17.9 Å². The smallest absolute Gasteiger partial charge is 0.136 e. The molecule has 0 bridgehead atoms.